The van der Waals surface area contributed by atoms with Gasteiger partial charge in [0.25, 0.3) is 0 Å². The van der Waals surface area contributed by atoms with Crippen molar-refractivity contribution >= 4 is 39.3 Å². The Kier molecular flexibility index (Phi) is 7.94. The van der Waals surface area contributed by atoms with E-state index in [9.17, 15) is 13.2 Å². The van der Waals surface area contributed by atoms with E-state index in [0.717, 1.165) is 24.8 Å². The van der Waals surface area contributed by atoms with Crippen LogP contribution in [0.25, 0.3) is 0 Å². The number of halogens is 1. The summed E-state index contributed by atoms with van der Waals surface area (Å²) in [6.07, 6.45) is 4.95. The van der Waals surface area contributed by atoms with Gasteiger partial charge in [-0.15, -0.1) is 0 Å². The lowest BCUT2D eigenvalue weighted by Gasteiger charge is -2.25. The van der Waals surface area contributed by atoms with Gasteiger partial charge in [-0.1, -0.05) is 41.9 Å². The fourth-order valence-corrected chi connectivity index (χ4v) is 5.44. The Bertz CT molecular complexity index is 930. The Hall–Kier alpha value is -1.61. The summed E-state index contributed by atoms with van der Waals surface area (Å²) in [6, 6.07) is 10.8. The van der Waals surface area contributed by atoms with E-state index in [1.54, 1.807) is 12.1 Å². The van der Waals surface area contributed by atoms with Gasteiger partial charge in [-0.2, -0.15) is 4.31 Å². The second-order valence-electron chi connectivity index (χ2n) is 6.82. The largest absolute Gasteiger partial charge is 0.355 e. The van der Waals surface area contributed by atoms with Gasteiger partial charge in [0.2, 0.25) is 15.9 Å². The van der Waals surface area contributed by atoms with E-state index in [1.807, 2.05) is 24.3 Å². The molecule has 0 radical (unpaired) electrons. The SMILES string of the molecule is O=C(CSc1ccc(S(=O)(=O)N2CCCCC2)cn1)NCCc1cccc(Cl)c1. The van der Waals surface area contributed by atoms with Crippen molar-refractivity contribution in [3.05, 3.63) is 53.2 Å². The number of hydrogen-bond donors (Lipinski definition) is 1. The first-order valence-electron chi connectivity index (χ1n) is 9.55. The zero-order chi connectivity index (χ0) is 20.7. The van der Waals surface area contributed by atoms with Gasteiger partial charge in [0, 0.05) is 30.9 Å². The van der Waals surface area contributed by atoms with Crippen molar-refractivity contribution in [1.29, 1.82) is 0 Å². The molecule has 1 saturated heterocycles. The van der Waals surface area contributed by atoms with E-state index in [2.05, 4.69) is 10.3 Å². The molecule has 1 fully saturated rings. The predicted octanol–water partition coefficient (Wildman–Crippen LogP) is 3.36. The van der Waals surface area contributed by atoms with Crippen molar-refractivity contribution in [2.24, 2.45) is 0 Å². The van der Waals surface area contributed by atoms with Gasteiger partial charge < -0.3 is 5.32 Å². The number of nitrogens with one attached hydrogen (secondary N) is 1. The molecule has 0 aliphatic carbocycles. The maximum atomic E-state index is 12.6. The molecule has 0 saturated carbocycles. The van der Waals surface area contributed by atoms with Crippen LogP contribution in [-0.4, -0.2) is 49.0 Å². The molecule has 1 aromatic heterocycles. The quantitative estimate of drug-likeness (QED) is 0.620. The summed E-state index contributed by atoms with van der Waals surface area (Å²) in [5, 5.41) is 4.17. The molecule has 6 nitrogen and oxygen atoms in total. The fraction of sp³-hybridized carbons (Fsp3) is 0.400. The molecule has 3 rings (SSSR count). The van der Waals surface area contributed by atoms with E-state index in [1.165, 1.54) is 22.3 Å². The van der Waals surface area contributed by atoms with Gasteiger partial charge in [-0.3, -0.25) is 4.79 Å². The molecular weight excluding hydrogens is 430 g/mol. The fourth-order valence-electron chi connectivity index (χ4n) is 3.09. The summed E-state index contributed by atoms with van der Waals surface area (Å²) in [7, 11) is -3.48. The number of hydrogen-bond acceptors (Lipinski definition) is 5. The monoisotopic (exact) mass is 453 g/mol. The number of pyridine rings is 1. The number of rotatable bonds is 8. The van der Waals surface area contributed by atoms with E-state index in [4.69, 9.17) is 11.6 Å². The van der Waals surface area contributed by atoms with Crippen molar-refractivity contribution in [3.8, 4) is 0 Å². The Morgan fingerprint density at radius 1 is 1.17 bits per heavy atom. The lowest BCUT2D eigenvalue weighted by Crippen LogP contribution is -2.35. The molecule has 0 atom stereocenters. The number of aromatic nitrogens is 1. The summed E-state index contributed by atoms with van der Waals surface area (Å²) in [4.78, 5) is 16.4. The maximum Gasteiger partial charge on any atom is 0.244 e. The number of piperidine rings is 1. The second kappa shape index (κ2) is 10.4. The highest BCUT2D eigenvalue weighted by molar-refractivity contribution is 7.99. The molecule has 0 bridgehead atoms. The topological polar surface area (TPSA) is 79.4 Å². The molecule has 0 unspecified atom stereocenters. The third-order valence-corrected chi connectivity index (χ3v) is 7.70. The third kappa shape index (κ3) is 6.44. The van der Waals surface area contributed by atoms with Crippen LogP contribution in [0, 0.1) is 0 Å². The molecular formula is C20H24ClN3O3S2. The van der Waals surface area contributed by atoms with Crippen LogP contribution in [0.15, 0.2) is 52.5 Å². The maximum absolute atomic E-state index is 12.6. The zero-order valence-corrected chi connectivity index (χ0v) is 18.4. The molecule has 2 aromatic rings. The summed E-state index contributed by atoms with van der Waals surface area (Å²) in [5.41, 5.74) is 1.07. The summed E-state index contributed by atoms with van der Waals surface area (Å²) in [6.45, 7) is 1.66. The molecule has 1 amide bonds. The van der Waals surface area contributed by atoms with Gasteiger partial charge in [0.15, 0.2) is 0 Å². The van der Waals surface area contributed by atoms with Crippen LogP contribution in [0.4, 0.5) is 0 Å². The molecule has 2 heterocycles. The Balaban J connectivity index is 1.45. The molecule has 1 aliphatic rings. The minimum absolute atomic E-state index is 0.0937. The lowest BCUT2D eigenvalue weighted by atomic mass is 10.1. The molecule has 1 aliphatic heterocycles. The number of amides is 1. The van der Waals surface area contributed by atoms with Gasteiger partial charge in [-0.25, -0.2) is 13.4 Å². The van der Waals surface area contributed by atoms with Crippen LogP contribution in [0.5, 0.6) is 0 Å². The van der Waals surface area contributed by atoms with E-state index in [-0.39, 0.29) is 16.6 Å². The smallest absolute Gasteiger partial charge is 0.244 e. The standard InChI is InChI=1S/C20H24ClN3O3S2/c21-17-6-4-5-16(13-17)9-10-22-19(25)15-28-20-8-7-18(14-23-20)29(26,27)24-11-2-1-3-12-24/h4-8,13-14H,1-3,9-12,15H2,(H,22,25). The van der Waals surface area contributed by atoms with Gasteiger partial charge in [-0.05, 0) is 49.1 Å². The lowest BCUT2D eigenvalue weighted by molar-refractivity contribution is -0.118. The van der Waals surface area contributed by atoms with E-state index in [0.29, 0.717) is 36.1 Å². The zero-order valence-electron chi connectivity index (χ0n) is 16.0. The number of thioether (sulfide) groups is 1. The minimum atomic E-state index is -3.48. The first kappa shape index (κ1) is 22.1. The highest BCUT2D eigenvalue weighted by Crippen LogP contribution is 2.22. The summed E-state index contributed by atoms with van der Waals surface area (Å²) >= 11 is 7.23. The second-order valence-corrected chi connectivity index (χ2v) is 10.2. The number of sulfonamides is 1. The third-order valence-electron chi connectivity index (χ3n) is 4.64. The molecule has 0 spiro atoms. The van der Waals surface area contributed by atoms with Gasteiger partial charge in [0.1, 0.15) is 4.90 Å². The molecule has 9 heteroatoms. The van der Waals surface area contributed by atoms with Crippen LogP contribution >= 0.6 is 23.4 Å². The van der Waals surface area contributed by atoms with Crippen LogP contribution in [0.1, 0.15) is 24.8 Å². The van der Waals surface area contributed by atoms with Crippen molar-refractivity contribution in [3.63, 3.8) is 0 Å². The van der Waals surface area contributed by atoms with Crippen LogP contribution in [-0.2, 0) is 21.2 Å². The van der Waals surface area contributed by atoms with E-state index >= 15 is 0 Å². The predicted molar refractivity (Wildman–Crippen MR) is 116 cm³/mol. The van der Waals surface area contributed by atoms with Crippen molar-refractivity contribution in [2.75, 3.05) is 25.4 Å². The van der Waals surface area contributed by atoms with Crippen LogP contribution in [0.3, 0.4) is 0 Å². The summed E-state index contributed by atoms with van der Waals surface area (Å²) < 4.78 is 26.8. The number of carbonyl (C=O) groups is 1. The number of benzene rings is 1. The van der Waals surface area contributed by atoms with Crippen molar-refractivity contribution < 1.29 is 13.2 Å². The highest BCUT2D eigenvalue weighted by atomic mass is 35.5. The minimum Gasteiger partial charge on any atom is -0.355 e. The number of carbonyl (C=O) groups excluding carboxylic acids is 1. The Morgan fingerprint density at radius 2 is 1.97 bits per heavy atom. The average molecular weight is 454 g/mol. The Labute approximate surface area is 181 Å². The molecule has 156 valence electrons. The Morgan fingerprint density at radius 3 is 2.66 bits per heavy atom. The highest BCUT2D eigenvalue weighted by Gasteiger charge is 2.26. The van der Waals surface area contributed by atoms with Gasteiger partial charge >= 0.3 is 0 Å². The average Bonchev–Trinajstić information content (AvgIpc) is 2.73. The molecule has 29 heavy (non-hydrogen) atoms. The molecule has 1 N–H and O–H groups in total. The number of nitrogens with zero attached hydrogens (tertiary/aromatic N) is 2. The first-order valence-corrected chi connectivity index (χ1v) is 12.4. The van der Waals surface area contributed by atoms with Crippen LogP contribution < -0.4 is 5.32 Å². The summed E-state index contributed by atoms with van der Waals surface area (Å²) in [5.74, 6) is 0.129. The van der Waals surface area contributed by atoms with E-state index < -0.39 is 10.0 Å². The first-order chi connectivity index (χ1) is 13.9. The normalized spacial score (nSPS) is 15.2. The van der Waals surface area contributed by atoms with Gasteiger partial charge in [0.05, 0.1) is 10.8 Å². The van der Waals surface area contributed by atoms with Crippen molar-refractivity contribution in [2.45, 2.75) is 35.6 Å². The molecule has 1 aromatic carbocycles. The van der Waals surface area contributed by atoms with Crippen LogP contribution in [0.2, 0.25) is 5.02 Å². The van der Waals surface area contributed by atoms with Crippen molar-refractivity contribution in [1.82, 2.24) is 14.6 Å².